The zero-order valence-electron chi connectivity index (χ0n) is 11.5. The summed E-state index contributed by atoms with van der Waals surface area (Å²) in [6.45, 7) is 0. The normalized spacial score (nSPS) is 16.8. The molecule has 1 unspecified atom stereocenters. The molecule has 0 saturated heterocycles. The minimum atomic E-state index is -0.604. The molecule has 23 heavy (non-hydrogen) atoms. The molecule has 2 aromatic rings. The third-order valence-electron chi connectivity index (χ3n) is 3.44. The highest BCUT2D eigenvalue weighted by Crippen LogP contribution is 2.34. The van der Waals surface area contributed by atoms with Gasteiger partial charge in [0.1, 0.15) is 5.82 Å². The van der Waals surface area contributed by atoms with E-state index in [1.54, 1.807) is 12.1 Å². The van der Waals surface area contributed by atoms with E-state index >= 15 is 0 Å². The number of oxime groups is 1. The number of nitro benzene ring substituents is 1. The Labute approximate surface area is 140 Å². The third-order valence-corrected chi connectivity index (χ3v) is 4.04. The van der Waals surface area contributed by atoms with Crippen molar-refractivity contribution in [1.82, 2.24) is 0 Å². The maximum absolute atomic E-state index is 13.6. The number of non-ortho nitro benzene ring substituents is 1. The van der Waals surface area contributed by atoms with Crippen molar-refractivity contribution in [3.63, 3.8) is 0 Å². The van der Waals surface area contributed by atoms with Gasteiger partial charge >= 0.3 is 0 Å². The number of hydrogen-bond acceptors (Lipinski definition) is 4. The Morgan fingerprint density at radius 2 is 2.04 bits per heavy atom. The van der Waals surface area contributed by atoms with Gasteiger partial charge < -0.3 is 4.84 Å². The molecule has 5 nitrogen and oxygen atoms in total. The molecule has 0 bridgehead atoms. The van der Waals surface area contributed by atoms with Crippen LogP contribution in [0.4, 0.5) is 10.1 Å². The van der Waals surface area contributed by atoms with Crippen LogP contribution in [-0.4, -0.2) is 10.6 Å². The summed E-state index contributed by atoms with van der Waals surface area (Å²) < 4.78 is 13.6. The van der Waals surface area contributed by atoms with Crippen LogP contribution in [0, 0.1) is 15.9 Å². The first-order valence-corrected chi connectivity index (χ1v) is 7.33. The van der Waals surface area contributed by atoms with Gasteiger partial charge in [-0.05, 0) is 12.1 Å². The minimum absolute atomic E-state index is 0.0323. The van der Waals surface area contributed by atoms with E-state index in [0.717, 1.165) is 0 Å². The standard InChI is InChI=1S/C15H9Cl2FN2O3/c16-11-6-12(17)13(18)5-10(11)14-7-15(23-19-14)8-2-1-3-9(4-8)20(21)22/h1-6,15H,7H2. The Balaban J connectivity index is 1.85. The number of benzene rings is 2. The molecule has 1 aliphatic heterocycles. The number of halogens is 3. The number of nitro groups is 1. The maximum Gasteiger partial charge on any atom is 0.269 e. The Bertz CT molecular complexity index is 826. The molecule has 1 heterocycles. The summed E-state index contributed by atoms with van der Waals surface area (Å²) in [6.07, 6.45) is -0.165. The summed E-state index contributed by atoms with van der Waals surface area (Å²) in [5, 5.41) is 14.9. The third kappa shape index (κ3) is 3.13. The smallest absolute Gasteiger partial charge is 0.269 e. The maximum atomic E-state index is 13.6. The molecule has 1 atom stereocenters. The van der Waals surface area contributed by atoms with E-state index in [9.17, 15) is 14.5 Å². The van der Waals surface area contributed by atoms with Gasteiger partial charge in [0.05, 0.1) is 20.7 Å². The van der Waals surface area contributed by atoms with E-state index in [0.29, 0.717) is 23.3 Å². The van der Waals surface area contributed by atoms with Crippen molar-refractivity contribution < 1.29 is 14.2 Å². The van der Waals surface area contributed by atoms with E-state index < -0.39 is 16.8 Å². The molecule has 8 heteroatoms. The summed E-state index contributed by atoms with van der Waals surface area (Å²) in [4.78, 5) is 15.7. The molecule has 1 aliphatic rings. The topological polar surface area (TPSA) is 64.7 Å². The van der Waals surface area contributed by atoms with Crippen molar-refractivity contribution in [2.45, 2.75) is 12.5 Å². The number of rotatable bonds is 3. The fourth-order valence-electron chi connectivity index (χ4n) is 2.30. The molecule has 0 saturated carbocycles. The molecule has 3 rings (SSSR count). The van der Waals surface area contributed by atoms with Crippen LogP contribution in [0.5, 0.6) is 0 Å². The Morgan fingerprint density at radius 3 is 2.78 bits per heavy atom. The van der Waals surface area contributed by atoms with Crippen molar-refractivity contribution in [3.05, 3.63) is 73.5 Å². The average Bonchev–Trinajstić information content (AvgIpc) is 3.00. The van der Waals surface area contributed by atoms with E-state index in [-0.39, 0.29) is 15.7 Å². The largest absolute Gasteiger partial charge is 0.387 e. The summed E-state index contributed by atoms with van der Waals surface area (Å²) in [5.41, 5.74) is 1.43. The lowest BCUT2D eigenvalue weighted by Gasteiger charge is -2.08. The SMILES string of the molecule is O=[N+]([O-])c1cccc(C2CC(c3cc(F)c(Cl)cc3Cl)=NO2)c1. The first-order valence-electron chi connectivity index (χ1n) is 6.57. The van der Waals surface area contributed by atoms with Crippen LogP contribution < -0.4 is 0 Å². The summed E-state index contributed by atoms with van der Waals surface area (Å²) in [6, 6.07) is 8.60. The van der Waals surface area contributed by atoms with Crippen molar-refractivity contribution in [1.29, 1.82) is 0 Å². The zero-order chi connectivity index (χ0) is 16.6. The minimum Gasteiger partial charge on any atom is -0.387 e. The van der Waals surface area contributed by atoms with Gasteiger partial charge in [0.15, 0.2) is 6.10 Å². The number of hydrogen-bond donors (Lipinski definition) is 0. The monoisotopic (exact) mass is 354 g/mol. The fourth-order valence-corrected chi connectivity index (χ4v) is 2.79. The highest BCUT2D eigenvalue weighted by molar-refractivity contribution is 6.37. The van der Waals surface area contributed by atoms with Crippen LogP contribution >= 0.6 is 23.2 Å². The zero-order valence-corrected chi connectivity index (χ0v) is 13.0. The van der Waals surface area contributed by atoms with E-state index in [1.807, 2.05) is 0 Å². The van der Waals surface area contributed by atoms with E-state index in [4.69, 9.17) is 28.0 Å². The molecular weight excluding hydrogens is 346 g/mol. The van der Waals surface area contributed by atoms with Crippen LogP contribution in [0.25, 0.3) is 0 Å². The first-order chi connectivity index (χ1) is 11.0. The van der Waals surface area contributed by atoms with Crippen LogP contribution in [0.15, 0.2) is 41.6 Å². The van der Waals surface area contributed by atoms with Gasteiger partial charge in [-0.3, -0.25) is 10.1 Å². The second-order valence-corrected chi connectivity index (χ2v) is 5.75. The number of nitrogens with zero attached hydrogens (tertiary/aromatic N) is 2. The Hall–Kier alpha value is -2.18. The van der Waals surface area contributed by atoms with Crippen molar-refractivity contribution >= 4 is 34.6 Å². The van der Waals surface area contributed by atoms with Gasteiger partial charge in [0, 0.05) is 29.7 Å². The lowest BCUT2D eigenvalue weighted by molar-refractivity contribution is -0.385. The van der Waals surface area contributed by atoms with Gasteiger partial charge in [-0.1, -0.05) is 40.5 Å². The van der Waals surface area contributed by atoms with E-state index in [2.05, 4.69) is 5.16 Å². The van der Waals surface area contributed by atoms with Crippen molar-refractivity contribution in [2.24, 2.45) is 5.16 Å². The van der Waals surface area contributed by atoms with Gasteiger partial charge in [-0.25, -0.2) is 4.39 Å². The molecule has 0 aromatic heterocycles. The molecular formula is C15H9Cl2FN2O3. The molecule has 0 spiro atoms. The van der Waals surface area contributed by atoms with Crippen molar-refractivity contribution in [2.75, 3.05) is 0 Å². The molecule has 118 valence electrons. The van der Waals surface area contributed by atoms with Crippen molar-refractivity contribution in [3.8, 4) is 0 Å². The predicted octanol–water partition coefficient (Wildman–Crippen LogP) is 4.91. The Morgan fingerprint density at radius 1 is 1.26 bits per heavy atom. The van der Waals surface area contributed by atoms with Gasteiger partial charge in [0.25, 0.3) is 5.69 Å². The van der Waals surface area contributed by atoms with Crippen LogP contribution in [0.3, 0.4) is 0 Å². The summed E-state index contributed by atoms with van der Waals surface area (Å²) >= 11 is 11.7. The predicted molar refractivity (Wildman–Crippen MR) is 84.5 cm³/mol. The van der Waals surface area contributed by atoms with Gasteiger partial charge in [-0.2, -0.15) is 0 Å². The molecule has 0 fully saturated rings. The van der Waals surface area contributed by atoms with Gasteiger partial charge in [-0.15, -0.1) is 0 Å². The lowest BCUT2D eigenvalue weighted by atomic mass is 10.00. The molecule has 0 amide bonds. The lowest BCUT2D eigenvalue weighted by Crippen LogP contribution is -2.03. The van der Waals surface area contributed by atoms with Crippen LogP contribution in [-0.2, 0) is 4.84 Å². The fraction of sp³-hybridized carbons (Fsp3) is 0.133. The molecule has 2 aromatic carbocycles. The van der Waals surface area contributed by atoms with Crippen LogP contribution in [0.1, 0.15) is 23.7 Å². The first kappa shape index (κ1) is 15.7. The summed E-state index contributed by atoms with van der Waals surface area (Å²) in [7, 11) is 0. The van der Waals surface area contributed by atoms with E-state index in [1.165, 1.54) is 24.3 Å². The quantitative estimate of drug-likeness (QED) is 0.447. The molecule has 0 radical (unpaired) electrons. The average molecular weight is 355 g/mol. The highest BCUT2D eigenvalue weighted by Gasteiger charge is 2.27. The second-order valence-electron chi connectivity index (χ2n) is 4.93. The second kappa shape index (κ2) is 6.14. The Kier molecular flexibility index (Phi) is 4.19. The summed E-state index contributed by atoms with van der Waals surface area (Å²) in [5.74, 6) is -0.604. The molecule has 0 aliphatic carbocycles. The highest BCUT2D eigenvalue weighted by atomic mass is 35.5. The molecule has 0 N–H and O–H groups in total. The van der Waals surface area contributed by atoms with Gasteiger partial charge in [0.2, 0.25) is 0 Å². The van der Waals surface area contributed by atoms with Crippen LogP contribution in [0.2, 0.25) is 10.0 Å².